The average molecular weight is 344 g/mol. The molecule has 0 aliphatic carbocycles. The first-order valence-corrected chi connectivity index (χ1v) is 8.51. The van der Waals surface area contributed by atoms with Crippen LogP contribution < -0.4 is 10.3 Å². The van der Waals surface area contributed by atoms with Gasteiger partial charge in [-0.3, -0.25) is 5.43 Å². The topological polar surface area (TPSA) is 36.9 Å². The van der Waals surface area contributed by atoms with E-state index in [1.807, 2.05) is 32.0 Å². The van der Waals surface area contributed by atoms with Crippen LogP contribution in [0.1, 0.15) is 18.1 Å². The monoisotopic (exact) mass is 343 g/mol. The first kappa shape index (κ1) is 16.8. The molecule has 0 atom stereocenters. The van der Waals surface area contributed by atoms with Crippen LogP contribution in [-0.2, 0) is 4.74 Å². The van der Waals surface area contributed by atoms with E-state index in [4.69, 9.17) is 16.3 Å². The smallest absolute Gasteiger partial charge is 0.0648 e. The van der Waals surface area contributed by atoms with Crippen LogP contribution in [0.15, 0.2) is 47.6 Å². The number of benzene rings is 2. The Bertz CT molecular complexity index is 722. The summed E-state index contributed by atoms with van der Waals surface area (Å²) in [5, 5.41) is 5.19. The minimum absolute atomic E-state index is 0.739. The van der Waals surface area contributed by atoms with Crippen LogP contribution in [0.5, 0.6) is 0 Å². The molecule has 2 aromatic carbocycles. The molecule has 24 heavy (non-hydrogen) atoms. The van der Waals surface area contributed by atoms with Gasteiger partial charge in [-0.15, -0.1) is 0 Å². The molecule has 0 unspecified atom stereocenters. The fourth-order valence-electron chi connectivity index (χ4n) is 2.61. The van der Waals surface area contributed by atoms with Gasteiger partial charge in [-0.2, -0.15) is 5.10 Å². The molecule has 1 aliphatic rings. The number of nitrogens with zero attached hydrogens (tertiary/aromatic N) is 2. The Morgan fingerprint density at radius 3 is 2.50 bits per heavy atom. The van der Waals surface area contributed by atoms with Crippen molar-refractivity contribution in [2.75, 3.05) is 36.6 Å². The lowest BCUT2D eigenvalue weighted by Crippen LogP contribution is -2.36. The van der Waals surface area contributed by atoms with Crippen molar-refractivity contribution < 1.29 is 4.74 Å². The average Bonchev–Trinajstić information content (AvgIpc) is 2.63. The third-order valence-corrected chi connectivity index (χ3v) is 4.59. The Kier molecular flexibility index (Phi) is 5.38. The lowest BCUT2D eigenvalue weighted by molar-refractivity contribution is 0.122. The van der Waals surface area contributed by atoms with Gasteiger partial charge in [-0.05, 0) is 49.2 Å². The van der Waals surface area contributed by atoms with Crippen molar-refractivity contribution in [3.63, 3.8) is 0 Å². The quantitative estimate of drug-likeness (QED) is 0.663. The molecule has 126 valence electrons. The number of morpholine rings is 1. The largest absolute Gasteiger partial charge is 0.378 e. The van der Waals surface area contributed by atoms with E-state index in [-0.39, 0.29) is 0 Å². The highest BCUT2D eigenvalue weighted by Gasteiger charge is 2.11. The molecular weight excluding hydrogens is 322 g/mol. The Balaban J connectivity index is 1.67. The van der Waals surface area contributed by atoms with Crippen molar-refractivity contribution in [1.82, 2.24) is 0 Å². The van der Waals surface area contributed by atoms with Crippen molar-refractivity contribution in [2.24, 2.45) is 5.10 Å². The molecular formula is C19H22ClN3O. The molecule has 4 nitrogen and oxygen atoms in total. The molecule has 3 rings (SSSR count). The second-order valence-corrected chi connectivity index (χ2v) is 6.33. The lowest BCUT2D eigenvalue weighted by atomic mass is 10.1. The summed E-state index contributed by atoms with van der Waals surface area (Å²) < 4.78 is 5.39. The van der Waals surface area contributed by atoms with Crippen LogP contribution in [0.4, 0.5) is 11.4 Å². The summed E-state index contributed by atoms with van der Waals surface area (Å²) in [6, 6.07) is 14.3. The molecule has 1 fully saturated rings. The number of rotatable bonds is 4. The zero-order chi connectivity index (χ0) is 16.9. The Labute approximate surface area is 148 Å². The van der Waals surface area contributed by atoms with E-state index in [1.54, 1.807) is 0 Å². The Morgan fingerprint density at radius 1 is 1.12 bits per heavy atom. The summed E-state index contributed by atoms with van der Waals surface area (Å²) >= 11 is 6.14. The third kappa shape index (κ3) is 4.08. The van der Waals surface area contributed by atoms with E-state index < -0.39 is 0 Å². The predicted molar refractivity (Wildman–Crippen MR) is 101 cm³/mol. The molecule has 2 aromatic rings. The van der Waals surface area contributed by atoms with Crippen molar-refractivity contribution in [3.05, 3.63) is 58.6 Å². The predicted octanol–water partition coefficient (Wildman–Crippen LogP) is 4.32. The van der Waals surface area contributed by atoms with Crippen LogP contribution in [-0.4, -0.2) is 32.0 Å². The number of aryl methyl sites for hydroxylation is 1. The maximum Gasteiger partial charge on any atom is 0.0648 e. The Hall–Kier alpha value is -2.04. The molecule has 0 radical (unpaired) electrons. The minimum Gasteiger partial charge on any atom is -0.378 e. The maximum absolute atomic E-state index is 6.14. The van der Waals surface area contributed by atoms with E-state index in [0.717, 1.165) is 53.9 Å². The molecule has 0 amide bonds. The van der Waals surface area contributed by atoms with E-state index in [1.165, 1.54) is 5.69 Å². The highest BCUT2D eigenvalue weighted by atomic mass is 35.5. The van der Waals surface area contributed by atoms with Crippen LogP contribution in [0.25, 0.3) is 0 Å². The molecule has 1 saturated heterocycles. The number of hydrogen-bond donors (Lipinski definition) is 1. The van der Waals surface area contributed by atoms with Crippen molar-refractivity contribution in [2.45, 2.75) is 13.8 Å². The summed E-state index contributed by atoms with van der Waals surface area (Å²) in [5.41, 5.74) is 8.26. The molecule has 1 heterocycles. The SMILES string of the molecule is C/C(=N/Nc1ccc(C)c(Cl)c1)c1ccc(N2CCOCC2)cc1. The second-order valence-electron chi connectivity index (χ2n) is 5.92. The van der Waals surface area contributed by atoms with Gasteiger partial charge in [0.25, 0.3) is 0 Å². The standard InChI is InChI=1S/C19H22ClN3O/c1-14-3-6-17(13-19(14)20)22-21-15(2)16-4-7-18(8-5-16)23-9-11-24-12-10-23/h3-8,13,22H,9-12H2,1-2H3/b21-15-. The number of nitrogens with one attached hydrogen (secondary N) is 1. The van der Waals surface area contributed by atoms with Gasteiger partial charge in [0.05, 0.1) is 24.6 Å². The molecule has 1 N–H and O–H groups in total. The summed E-state index contributed by atoms with van der Waals surface area (Å²) in [7, 11) is 0. The van der Waals surface area contributed by atoms with Crippen LogP contribution >= 0.6 is 11.6 Å². The van der Waals surface area contributed by atoms with Crippen molar-refractivity contribution >= 4 is 28.7 Å². The van der Waals surface area contributed by atoms with Crippen molar-refractivity contribution in [3.8, 4) is 0 Å². The summed E-state index contributed by atoms with van der Waals surface area (Å²) in [5.74, 6) is 0. The van der Waals surface area contributed by atoms with Gasteiger partial charge in [0.1, 0.15) is 0 Å². The lowest BCUT2D eigenvalue weighted by Gasteiger charge is -2.28. The van der Waals surface area contributed by atoms with Gasteiger partial charge in [-0.1, -0.05) is 29.8 Å². The van der Waals surface area contributed by atoms with E-state index >= 15 is 0 Å². The van der Waals surface area contributed by atoms with Crippen LogP contribution in [0, 0.1) is 6.92 Å². The number of halogens is 1. The molecule has 0 saturated carbocycles. The zero-order valence-corrected chi connectivity index (χ0v) is 14.8. The summed E-state index contributed by atoms with van der Waals surface area (Å²) in [4.78, 5) is 2.34. The highest BCUT2D eigenvalue weighted by Crippen LogP contribution is 2.20. The van der Waals surface area contributed by atoms with E-state index in [9.17, 15) is 0 Å². The Morgan fingerprint density at radius 2 is 1.83 bits per heavy atom. The van der Waals surface area contributed by atoms with E-state index in [0.29, 0.717) is 0 Å². The third-order valence-electron chi connectivity index (χ3n) is 4.19. The fraction of sp³-hybridized carbons (Fsp3) is 0.316. The number of ether oxygens (including phenoxy) is 1. The van der Waals surface area contributed by atoms with Crippen LogP contribution in [0.2, 0.25) is 5.02 Å². The molecule has 5 heteroatoms. The number of hydrogen-bond acceptors (Lipinski definition) is 4. The van der Waals surface area contributed by atoms with Gasteiger partial charge < -0.3 is 9.64 Å². The molecule has 1 aliphatic heterocycles. The molecule has 0 spiro atoms. The molecule has 0 aromatic heterocycles. The normalized spacial score (nSPS) is 15.5. The fourth-order valence-corrected chi connectivity index (χ4v) is 2.79. The second kappa shape index (κ2) is 7.69. The van der Waals surface area contributed by atoms with Gasteiger partial charge in [0.15, 0.2) is 0 Å². The minimum atomic E-state index is 0.739. The van der Waals surface area contributed by atoms with Crippen molar-refractivity contribution in [1.29, 1.82) is 0 Å². The maximum atomic E-state index is 6.14. The highest BCUT2D eigenvalue weighted by molar-refractivity contribution is 6.31. The first-order chi connectivity index (χ1) is 11.6. The van der Waals surface area contributed by atoms with Gasteiger partial charge in [0.2, 0.25) is 0 Å². The van der Waals surface area contributed by atoms with Gasteiger partial charge in [-0.25, -0.2) is 0 Å². The molecule has 0 bridgehead atoms. The number of anilines is 2. The zero-order valence-electron chi connectivity index (χ0n) is 14.1. The van der Waals surface area contributed by atoms with E-state index in [2.05, 4.69) is 39.7 Å². The van der Waals surface area contributed by atoms with Crippen LogP contribution in [0.3, 0.4) is 0 Å². The number of hydrazone groups is 1. The summed E-state index contributed by atoms with van der Waals surface area (Å²) in [6.45, 7) is 7.46. The first-order valence-electron chi connectivity index (χ1n) is 8.13. The summed E-state index contributed by atoms with van der Waals surface area (Å²) in [6.07, 6.45) is 0. The van der Waals surface area contributed by atoms with Gasteiger partial charge in [0, 0.05) is 23.8 Å². The van der Waals surface area contributed by atoms with Gasteiger partial charge >= 0.3 is 0 Å².